The third-order valence-corrected chi connectivity index (χ3v) is 18.8. The van der Waals surface area contributed by atoms with E-state index in [0.717, 1.165) is 129 Å². The van der Waals surface area contributed by atoms with Crippen molar-refractivity contribution < 1.29 is 27.5 Å². The lowest BCUT2D eigenvalue weighted by Gasteiger charge is -2.33. The van der Waals surface area contributed by atoms with Gasteiger partial charge in [-0.1, -0.05) is 52.1 Å². The lowest BCUT2D eigenvalue weighted by molar-refractivity contribution is -0.112. The zero-order valence-corrected chi connectivity index (χ0v) is 63.6. The second kappa shape index (κ2) is 37.7. The Hall–Kier alpha value is -9.92. The summed E-state index contributed by atoms with van der Waals surface area (Å²) in [6, 6.07) is 24.8. The highest BCUT2D eigenvalue weighted by Gasteiger charge is 2.27. The molecule has 0 aliphatic heterocycles. The number of ether oxygens (including phenoxy) is 1. The van der Waals surface area contributed by atoms with E-state index in [9.17, 15) is 22.8 Å². The number of hydrogen-bond acceptors (Lipinski definition) is 25. The van der Waals surface area contributed by atoms with Gasteiger partial charge >= 0.3 is 6.09 Å². The Balaban J connectivity index is 0.000000183. The number of nitrogen functional groups attached to an aromatic ring is 1. The molecule has 0 saturated heterocycles. The van der Waals surface area contributed by atoms with E-state index in [0.29, 0.717) is 94.9 Å². The highest BCUT2D eigenvalue weighted by Crippen LogP contribution is 2.30. The van der Waals surface area contributed by atoms with Gasteiger partial charge < -0.3 is 63.6 Å². The van der Waals surface area contributed by atoms with Crippen molar-refractivity contribution in [1.82, 2.24) is 68.5 Å². The summed E-state index contributed by atoms with van der Waals surface area (Å²) < 4.78 is 34.3. The number of nitrogens with two attached hydrogens (primary N) is 3. The first-order valence-electron chi connectivity index (χ1n) is 35.4. The molecule has 30 nitrogen and oxygen atoms in total. The van der Waals surface area contributed by atoms with Gasteiger partial charge in [0.1, 0.15) is 5.60 Å². The highest BCUT2D eigenvalue weighted by atomic mass is 35.5. The van der Waals surface area contributed by atoms with Gasteiger partial charge in [0, 0.05) is 93.3 Å². The second-order valence-electron chi connectivity index (χ2n) is 27.5. The molecule has 3 aromatic carbocycles. The molecule has 6 aromatic heterocycles. The van der Waals surface area contributed by atoms with Gasteiger partial charge in [-0.2, -0.15) is 58.7 Å². The molecule has 2 amide bonds. The minimum absolute atomic E-state index is 0.189. The van der Waals surface area contributed by atoms with Crippen LogP contribution in [0.1, 0.15) is 135 Å². The number of aromatic nitrogens is 12. The standard InChI is InChI=1S/C24H32N8O.C21H30N8.C19H24N6O4S.C6H14N2.C3H3ClO/c1-5-16-15-25-32-22(16)29-23(27-17-10-12-20(13-11-17)31(3)4)30-24(32)28-19-9-7-8-18(14-19)26-21(33)6-2;1-4-14-13-23-29-19(14)26-20(24-16-8-10-18(11-9-16)28(2)3)27-21(29)25-17-7-5-6-15(22)12-17;1-6-12-11-20-25-15(12)23-17(30(5,27)28)24-16(25)21-13-8-7-9-14(10-13)22-18(26)29-19(2,3)4;7-5-1-2-6(8)4-3-5;1-2-3(4)5/h6-9,14-15,17,20H,2,5,10-13H2,1,3-4H3,(H,26,33)(H2,27,28,29,30);5-7,12-13,16,18H,4,8-11,22H2,1-3H3,(H2,24,25,26,27);7-11H,6H2,1-5H3,(H,22,26)(H,21,23,24);5-6H,1-4,7-8H2;2H,1H2. The molecule has 32 heteroatoms. The number of benzene rings is 3. The topological polar surface area (TPSA) is 393 Å². The molecule has 0 spiro atoms. The van der Waals surface area contributed by atoms with Crippen molar-refractivity contribution in [1.29, 1.82) is 0 Å². The van der Waals surface area contributed by atoms with Crippen LogP contribution in [0.3, 0.4) is 0 Å². The number of nitrogens with zero attached hydrogens (tertiary/aromatic N) is 14. The number of anilines is 11. The maximum absolute atomic E-state index is 12.0. The maximum Gasteiger partial charge on any atom is 0.412 e. The predicted octanol–water partition coefficient (Wildman–Crippen LogP) is 11.5. The van der Waals surface area contributed by atoms with E-state index in [2.05, 4.69) is 127 Å². The number of rotatable bonds is 20. The number of fused-ring (bicyclic) bond motifs is 3. The first-order valence-corrected chi connectivity index (χ1v) is 37.7. The minimum Gasteiger partial charge on any atom is -0.444 e. The lowest BCUT2D eigenvalue weighted by atomic mass is 9.91. The van der Waals surface area contributed by atoms with Gasteiger partial charge in [-0.15, -0.1) is 0 Å². The molecule has 105 heavy (non-hydrogen) atoms. The largest absolute Gasteiger partial charge is 0.444 e. The molecular formula is C73H103ClN24O6S. The molecule has 564 valence electrons. The van der Waals surface area contributed by atoms with Crippen molar-refractivity contribution in [2.24, 2.45) is 11.5 Å². The fraction of sp³-hybridized carbons (Fsp3) is 0.452. The Morgan fingerprint density at radius 1 is 0.562 bits per heavy atom. The van der Waals surface area contributed by atoms with Crippen molar-refractivity contribution in [2.75, 3.05) is 77.4 Å². The Labute approximate surface area is 619 Å². The highest BCUT2D eigenvalue weighted by molar-refractivity contribution is 7.90. The van der Waals surface area contributed by atoms with Gasteiger partial charge in [-0.05, 0) is 224 Å². The number of halogens is 1. The van der Waals surface area contributed by atoms with E-state index in [1.807, 2.05) is 67.8 Å². The molecule has 0 radical (unpaired) electrons. The van der Waals surface area contributed by atoms with E-state index in [4.69, 9.17) is 53.5 Å². The average Bonchev–Trinajstić information content (AvgIpc) is 1.33. The first kappa shape index (κ1) is 80.8. The molecular weight excluding hydrogens is 1380 g/mol. The van der Waals surface area contributed by atoms with Gasteiger partial charge in [0.25, 0.3) is 5.16 Å². The smallest absolute Gasteiger partial charge is 0.412 e. The molecule has 3 aliphatic carbocycles. The van der Waals surface area contributed by atoms with Crippen molar-refractivity contribution in [3.8, 4) is 0 Å². The molecule has 12 rings (SSSR count). The molecule has 3 saturated carbocycles. The molecule has 3 aliphatic rings. The van der Waals surface area contributed by atoms with E-state index in [1.54, 1.807) is 60.3 Å². The Kier molecular flexibility index (Phi) is 29.0. The van der Waals surface area contributed by atoms with Gasteiger partial charge in [-0.3, -0.25) is 14.9 Å². The van der Waals surface area contributed by atoms with Crippen molar-refractivity contribution >= 4 is 119 Å². The zero-order valence-electron chi connectivity index (χ0n) is 62.0. The predicted molar refractivity (Wildman–Crippen MR) is 418 cm³/mol. The minimum atomic E-state index is -3.63. The fourth-order valence-corrected chi connectivity index (χ4v) is 12.5. The Morgan fingerprint density at radius 2 is 0.933 bits per heavy atom. The molecule has 0 bridgehead atoms. The normalized spacial score (nSPS) is 17.9. The first-order chi connectivity index (χ1) is 50.0. The summed E-state index contributed by atoms with van der Waals surface area (Å²) in [7, 11) is 4.99. The van der Waals surface area contributed by atoms with Crippen LogP contribution < -0.4 is 54.4 Å². The van der Waals surface area contributed by atoms with Crippen LogP contribution >= 0.6 is 11.6 Å². The van der Waals surface area contributed by atoms with Crippen molar-refractivity contribution in [3.63, 3.8) is 0 Å². The van der Waals surface area contributed by atoms with Crippen LogP contribution in [-0.4, -0.2) is 171 Å². The molecule has 3 fully saturated rings. The summed E-state index contributed by atoms with van der Waals surface area (Å²) in [5.41, 5.74) is 25.7. The summed E-state index contributed by atoms with van der Waals surface area (Å²) >= 11 is 4.71. The van der Waals surface area contributed by atoms with Crippen LogP contribution in [0.25, 0.3) is 16.9 Å². The van der Waals surface area contributed by atoms with Gasteiger partial charge in [0.05, 0.1) is 18.6 Å². The summed E-state index contributed by atoms with van der Waals surface area (Å²) in [4.78, 5) is 65.1. The second-order valence-corrected chi connectivity index (χ2v) is 29.8. The maximum atomic E-state index is 12.0. The van der Waals surface area contributed by atoms with E-state index >= 15 is 0 Å². The Bertz CT molecular complexity index is 4500. The van der Waals surface area contributed by atoms with Crippen LogP contribution in [0.15, 0.2) is 122 Å². The van der Waals surface area contributed by atoms with Crippen LogP contribution in [0.4, 0.5) is 68.7 Å². The number of carbonyl (C=O) groups is 3. The number of carbonyl (C=O) groups excluding carboxylic acids is 3. The molecule has 13 N–H and O–H groups in total. The Morgan fingerprint density at radius 3 is 1.30 bits per heavy atom. The molecule has 9 aromatic rings. The third-order valence-electron chi connectivity index (χ3n) is 17.8. The number of nitrogens with one attached hydrogen (secondary N) is 7. The molecule has 6 heterocycles. The van der Waals surface area contributed by atoms with Gasteiger partial charge in [-0.25, -0.2) is 13.2 Å². The monoisotopic (exact) mass is 1480 g/mol. The van der Waals surface area contributed by atoms with E-state index < -0.39 is 26.8 Å². The molecule has 0 atom stereocenters. The number of sulfone groups is 1. The van der Waals surface area contributed by atoms with E-state index in [-0.39, 0.29) is 17.0 Å². The van der Waals surface area contributed by atoms with Crippen LogP contribution in [0.2, 0.25) is 0 Å². The van der Waals surface area contributed by atoms with Crippen LogP contribution in [-0.2, 0) is 43.4 Å². The van der Waals surface area contributed by atoms with Crippen molar-refractivity contribution in [3.05, 3.63) is 133 Å². The third kappa shape index (κ3) is 24.1. The SMILES string of the molecule is C=CC(=O)Cl.C=CC(=O)Nc1cccc(Nc2nc(NC3CCC(N(C)C)CC3)nc3c(CC)cnn23)c1.CCc1cnn2c(Nc3cccc(N)c3)nc(NC3CCC(N(C)C)CC3)nc12.CCc1cnn2c(Nc3cccc(NC(=O)OC(C)(C)C)c3)nc(S(C)(=O)=O)nc12.NC1CCC(N)CC1. The van der Waals surface area contributed by atoms with E-state index in [1.165, 1.54) is 23.4 Å². The van der Waals surface area contributed by atoms with Crippen molar-refractivity contribution in [2.45, 2.75) is 185 Å². The average molecular weight is 1480 g/mol. The van der Waals surface area contributed by atoms with Gasteiger partial charge in [0.2, 0.25) is 50.7 Å². The zero-order chi connectivity index (χ0) is 76.1. The van der Waals surface area contributed by atoms with Gasteiger partial charge in [0.15, 0.2) is 16.9 Å². The lowest BCUT2D eigenvalue weighted by Crippen LogP contribution is -2.36. The summed E-state index contributed by atoms with van der Waals surface area (Å²) in [6.07, 6.45) is 24.0. The summed E-state index contributed by atoms with van der Waals surface area (Å²) in [5, 5.41) is 34.7. The fourth-order valence-electron chi connectivity index (χ4n) is 12.0. The number of allylic oxidation sites excluding steroid dienone is 1. The van der Waals surface area contributed by atoms with Crippen LogP contribution in [0.5, 0.6) is 0 Å². The number of aryl methyl sites for hydroxylation is 3. The van der Waals surface area contributed by atoms with Crippen LogP contribution in [0, 0.1) is 0 Å². The molecule has 0 unspecified atom stereocenters. The quantitative estimate of drug-likeness (QED) is 0.0192. The summed E-state index contributed by atoms with van der Waals surface area (Å²) in [5.74, 6) is 2.37. The number of hydrogen-bond donors (Lipinski definition) is 10. The number of amides is 2. The summed E-state index contributed by atoms with van der Waals surface area (Å²) in [6.45, 7) is 18.0.